The number of nitriles is 1. The zero-order chi connectivity index (χ0) is 21.0. The molecule has 152 valence electrons. The molecule has 6 nitrogen and oxygen atoms in total. The Hall–Kier alpha value is -3.04. The van der Waals surface area contributed by atoms with Crippen LogP contribution in [0, 0.1) is 31.1 Å². The van der Waals surface area contributed by atoms with Gasteiger partial charge < -0.3 is 14.8 Å². The first-order valence-corrected chi connectivity index (χ1v) is 9.68. The van der Waals surface area contributed by atoms with Gasteiger partial charge in [-0.05, 0) is 54.3 Å². The molecule has 6 heteroatoms. The maximum Gasteiger partial charge on any atom is 0.225 e. The van der Waals surface area contributed by atoms with Crippen LogP contribution in [0.1, 0.15) is 27.8 Å². The van der Waals surface area contributed by atoms with Crippen LogP contribution in [0.25, 0.3) is 0 Å². The first-order valence-electron chi connectivity index (χ1n) is 9.68. The fourth-order valence-electron chi connectivity index (χ4n) is 3.77. The summed E-state index contributed by atoms with van der Waals surface area (Å²) in [5.41, 5.74) is 4.82. The summed E-state index contributed by atoms with van der Waals surface area (Å²) in [4.78, 5) is 13.9. The monoisotopic (exact) mass is 393 g/mol. The predicted molar refractivity (Wildman–Crippen MR) is 111 cm³/mol. The van der Waals surface area contributed by atoms with Gasteiger partial charge in [-0.2, -0.15) is 5.26 Å². The number of nitrogens with one attached hydrogen (secondary N) is 1. The SMILES string of the molecule is CNC(=O)C1CN(Cc2cc(C)c(OCc3cc(C#N)cc(OC)c3)c(C)c2)C1. The van der Waals surface area contributed by atoms with Crippen LogP contribution in [0.2, 0.25) is 0 Å². The predicted octanol–water partition coefficient (Wildman–Crippen LogP) is 2.94. The summed E-state index contributed by atoms with van der Waals surface area (Å²) in [6.45, 7) is 6.88. The van der Waals surface area contributed by atoms with Crippen LogP contribution in [-0.4, -0.2) is 38.1 Å². The quantitative estimate of drug-likeness (QED) is 0.783. The lowest BCUT2D eigenvalue weighted by Crippen LogP contribution is -2.52. The molecule has 0 radical (unpaired) electrons. The molecule has 2 aromatic rings. The Morgan fingerprint density at radius 3 is 2.45 bits per heavy atom. The zero-order valence-electron chi connectivity index (χ0n) is 17.4. The van der Waals surface area contributed by atoms with Gasteiger partial charge >= 0.3 is 0 Å². The van der Waals surface area contributed by atoms with Crippen LogP contribution < -0.4 is 14.8 Å². The summed E-state index contributed by atoms with van der Waals surface area (Å²) in [5, 5.41) is 11.9. The number of hydrogen-bond donors (Lipinski definition) is 1. The normalized spacial score (nSPS) is 14.0. The number of ether oxygens (including phenoxy) is 2. The number of methoxy groups -OCH3 is 1. The molecule has 29 heavy (non-hydrogen) atoms. The minimum atomic E-state index is 0.103. The highest BCUT2D eigenvalue weighted by molar-refractivity contribution is 5.79. The van der Waals surface area contributed by atoms with Crippen molar-refractivity contribution in [3.8, 4) is 17.6 Å². The number of nitrogens with zero attached hydrogens (tertiary/aromatic N) is 2. The number of benzene rings is 2. The molecule has 0 aromatic heterocycles. The van der Waals surface area contributed by atoms with E-state index >= 15 is 0 Å². The molecule has 3 rings (SSSR count). The van der Waals surface area contributed by atoms with E-state index in [1.54, 1.807) is 20.2 Å². The summed E-state index contributed by atoms with van der Waals surface area (Å²) >= 11 is 0. The lowest BCUT2D eigenvalue weighted by molar-refractivity contribution is -0.129. The highest BCUT2D eigenvalue weighted by atomic mass is 16.5. The topological polar surface area (TPSA) is 74.6 Å². The van der Waals surface area contributed by atoms with Crippen LogP contribution >= 0.6 is 0 Å². The van der Waals surface area contributed by atoms with Gasteiger partial charge in [0.2, 0.25) is 5.91 Å². The number of carbonyl (C=O) groups excluding carboxylic acids is 1. The molecule has 2 aromatic carbocycles. The molecule has 0 atom stereocenters. The summed E-state index contributed by atoms with van der Waals surface area (Å²) in [7, 11) is 3.27. The van der Waals surface area contributed by atoms with E-state index in [1.807, 2.05) is 26.0 Å². The fourth-order valence-corrected chi connectivity index (χ4v) is 3.77. The van der Waals surface area contributed by atoms with Crippen molar-refractivity contribution >= 4 is 5.91 Å². The highest BCUT2D eigenvalue weighted by Crippen LogP contribution is 2.28. The largest absolute Gasteiger partial charge is 0.497 e. The Morgan fingerprint density at radius 2 is 1.86 bits per heavy atom. The molecule has 0 unspecified atom stereocenters. The molecule has 1 aliphatic heterocycles. The van der Waals surface area contributed by atoms with Gasteiger partial charge in [-0.25, -0.2) is 0 Å². The van der Waals surface area contributed by atoms with Gasteiger partial charge in [0.25, 0.3) is 0 Å². The third-order valence-electron chi connectivity index (χ3n) is 5.21. The average Bonchev–Trinajstić information content (AvgIpc) is 2.68. The van der Waals surface area contributed by atoms with Crippen molar-refractivity contribution in [1.29, 1.82) is 5.26 Å². The van der Waals surface area contributed by atoms with Crippen molar-refractivity contribution in [2.24, 2.45) is 5.92 Å². The Bertz CT molecular complexity index is 920. The van der Waals surface area contributed by atoms with Gasteiger partial charge in [0.05, 0.1) is 24.7 Å². The zero-order valence-corrected chi connectivity index (χ0v) is 17.4. The molecular formula is C23H27N3O3. The first-order chi connectivity index (χ1) is 13.9. The molecule has 1 aliphatic rings. The van der Waals surface area contributed by atoms with E-state index < -0.39 is 0 Å². The number of aryl methyl sites for hydroxylation is 2. The lowest BCUT2D eigenvalue weighted by Gasteiger charge is -2.38. The van der Waals surface area contributed by atoms with E-state index in [9.17, 15) is 10.1 Å². The van der Waals surface area contributed by atoms with E-state index in [4.69, 9.17) is 9.47 Å². The third-order valence-corrected chi connectivity index (χ3v) is 5.21. The molecule has 1 heterocycles. The summed E-state index contributed by atoms with van der Waals surface area (Å²) < 4.78 is 11.3. The average molecular weight is 393 g/mol. The van der Waals surface area contributed by atoms with Gasteiger partial charge in [-0.1, -0.05) is 12.1 Å². The second-order valence-electron chi connectivity index (χ2n) is 7.53. The van der Waals surface area contributed by atoms with Gasteiger partial charge in [0.15, 0.2) is 0 Å². The van der Waals surface area contributed by atoms with E-state index in [2.05, 4.69) is 28.4 Å². The molecule has 1 saturated heterocycles. The minimum absolute atomic E-state index is 0.103. The van der Waals surface area contributed by atoms with E-state index in [1.165, 1.54) is 5.56 Å². The third kappa shape index (κ3) is 4.87. The van der Waals surface area contributed by atoms with Crippen molar-refractivity contribution in [2.75, 3.05) is 27.2 Å². The summed E-state index contributed by atoms with van der Waals surface area (Å²) in [5.74, 6) is 1.73. The summed E-state index contributed by atoms with van der Waals surface area (Å²) in [6.07, 6.45) is 0. The van der Waals surface area contributed by atoms with Crippen molar-refractivity contribution < 1.29 is 14.3 Å². The highest BCUT2D eigenvalue weighted by Gasteiger charge is 2.31. The minimum Gasteiger partial charge on any atom is -0.497 e. The van der Waals surface area contributed by atoms with Gasteiger partial charge in [-0.3, -0.25) is 9.69 Å². The molecule has 0 bridgehead atoms. The first kappa shape index (κ1) is 20.7. The van der Waals surface area contributed by atoms with Crippen molar-refractivity contribution in [3.63, 3.8) is 0 Å². The Morgan fingerprint density at radius 1 is 1.17 bits per heavy atom. The van der Waals surface area contributed by atoms with E-state index in [0.29, 0.717) is 17.9 Å². The molecule has 1 amide bonds. The summed E-state index contributed by atoms with van der Waals surface area (Å²) in [6, 6.07) is 11.8. The smallest absolute Gasteiger partial charge is 0.225 e. The molecule has 0 spiro atoms. The standard InChI is InChI=1S/C23H27N3O3/c1-15-5-18(11-26-12-20(13-26)23(27)25-3)6-16(2)22(15)29-14-19-7-17(10-24)8-21(9-19)28-4/h5-9,20H,11-14H2,1-4H3,(H,25,27). The maximum atomic E-state index is 11.6. The second kappa shape index (κ2) is 8.97. The lowest BCUT2D eigenvalue weighted by atomic mass is 9.97. The molecule has 1 N–H and O–H groups in total. The Labute approximate surface area is 172 Å². The van der Waals surface area contributed by atoms with Gasteiger partial charge in [0.1, 0.15) is 18.1 Å². The van der Waals surface area contributed by atoms with Crippen molar-refractivity contribution in [2.45, 2.75) is 27.0 Å². The number of rotatable bonds is 7. The van der Waals surface area contributed by atoms with Gasteiger partial charge in [0, 0.05) is 26.7 Å². The number of carbonyl (C=O) groups is 1. The van der Waals surface area contributed by atoms with Crippen molar-refractivity contribution in [3.05, 3.63) is 58.1 Å². The molecular weight excluding hydrogens is 366 g/mol. The number of likely N-dealkylation sites (tertiary alicyclic amines) is 1. The molecule has 0 aliphatic carbocycles. The molecule has 0 saturated carbocycles. The van der Waals surface area contributed by atoms with Crippen LogP contribution in [0.5, 0.6) is 11.5 Å². The Kier molecular flexibility index (Phi) is 6.40. The van der Waals surface area contributed by atoms with Crippen LogP contribution in [0.3, 0.4) is 0 Å². The fraction of sp³-hybridized carbons (Fsp3) is 0.391. The Balaban J connectivity index is 1.65. The maximum absolute atomic E-state index is 11.6. The molecule has 1 fully saturated rings. The van der Waals surface area contributed by atoms with Crippen LogP contribution in [0.15, 0.2) is 30.3 Å². The second-order valence-corrected chi connectivity index (χ2v) is 7.53. The number of amides is 1. The van der Waals surface area contributed by atoms with Crippen LogP contribution in [0.4, 0.5) is 0 Å². The van der Waals surface area contributed by atoms with Gasteiger partial charge in [-0.15, -0.1) is 0 Å². The van der Waals surface area contributed by atoms with Crippen LogP contribution in [-0.2, 0) is 17.9 Å². The van der Waals surface area contributed by atoms with Crippen molar-refractivity contribution in [1.82, 2.24) is 10.2 Å². The number of hydrogen-bond acceptors (Lipinski definition) is 5. The van der Waals surface area contributed by atoms with E-state index in [0.717, 1.165) is 42.1 Å². The van der Waals surface area contributed by atoms with E-state index in [-0.39, 0.29) is 11.8 Å².